The molecule has 0 radical (unpaired) electrons. The van der Waals surface area contributed by atoms with Gasteiger partial charge in [-0.05, 0) is 66.0 Å². The van der Waals surface area contributed by atoms with Gasteiger partial charge in [0.05, 0.1) is 6.61 Å². The highest BCUT2D eigenvalue weighted by molar-refractivity contribution is 5.92. The van der Waals surface area contributed by atoms with E-state index in [1.54, 1.807) is 19.3 Å². The zero-order chi connectivity index (χ0) is 21.4. The van der Waals surface area contributed by atoms with Crippen molar-refractivity contribution < 1.29 is 9.53 Å². The van der Waals surface area contributed by atoms with Crippen LogP contribution in [0.15, 0.2) is 48.8 Å². The molecule has 1 aliphatic carbocycles. The lowest BCUT2D eigenvalue weighted by molar-refractivity contribution is -0.131. The fourth-order valence-electron chi connectivity index (χ4n) is 5.00. The Morgan fingerprint density at radius 2 is 2.06 bits per heavy atom. The van der Waals surface area contributed by atoms with E-state index in [0.29, 0.717) is 42.7 Å². The molecule has 3 atom stereocenters. The Kier molecular flexibility index (Phi) is 5.10. The van der Waals surface area contributed by atoms with Crippen LogP contribution in [0.2, 0.25) is 0 Å². The number of aromatic nitrogens is 2. The van der Waals surface area contributed by atoms with Crippen LogP contribution >= 0.6 is 0 Å². The Morgan fingerprint density at radius 1 is 1.19 bits per heavy atom. The van der Waals surface area contributed by atoms with Gasteiger partial charge in [0.25, 0.3) is 0 Å². The summed E-state index contributed by atoms with van der Waals surface area (Å²) < 4.78 is 6.04. The molecule has 5 rings (SSSR count). The van der Waals surface area contributed by atoms with E-state index in [1.165, 1.54) is 0 Å². The van der Waals surface area contributed by atoms with Crippen LogP contribution in [-0.2, 0) is 11.3 Å². The summed E-state index contributed by atoms with van der Waals surface area (Å²) in [5.41, 5.74) is 8.06. The second-order valence-corrected chi connectivity index (χ2v) is 8.62. The summed E-state index contributed by atoms with van der Waals surface area (Å²) in [6, 6.07) is 12.4. The van der Waals surface area contributed by atoms with Crippen molar-refractivity contribution in [3.8, 4) is 5.88 Å². The van der Waals surface area contributed by atoms with Crippen LogP contribution in [0, 0.1) is 11.8 Å². The van der Waals surface area contributed by atoms with Gasteiger partial charge >= 0.3 is 0 Å². The van der Waals surface area contributed by atoms with E-state index >= 15 is 0 Å². The number of hydrogen-bond donors (Lipinski definition) is 2. The molecule has 160 valence electrons. The summed E-state index contributed by atoms with van der Waals surface area (Å²) >= 11 is 0. The molecule has 3 N–H and O–H groups in total. The van der Waals surface area contributed by atoms with E-state index in [4.69, 9.17) is 10.5 Å². The number of fused-ring (bicyclic) bond motifs is 3. The Balaban J connectivity index is 1.17. The highest BCUT2D eigenvalue weighted by Gasteiger charge is 2.45. The molecule has 2 bridgehead atoms. The number of nitrogen functional groups attached to an aromatic ring is 1. The predicted octanol–water partition coefficient (Wildman–Crippen LogP) is 3.46. The third-order valence-corrected chi connectivity index (χ3v) is 6.63. The van der Waals surface area contributed by atoms with E-state index in [1.807, 2.05) is 35.2 Å². The van der Waals surface area contributed by atoms with Gasteiger partial charge < -0.3 is 20.7 Å². The van der Waals surface area contributed by atoms with Gasteiger partial charge in [0.2, 0.25) is 11.8 Å². The SMILES string of the molecule is CC(=O)N1CC2CC1CC2COc1cc(CNc2ccc3c(N)nccc3c2)ccn1. The van der Waals surface area contributed by atoms with Crippen molar-refractivity contribution in [2.24, 2.45) is 11.8 Å². The lowest BCUT2D eigenvalue weighted by Crippen LogP contribution is -2.39. The Bertz CT molecular complexity index is 1120. The van der Waals surface area contributed by atoms with E-state index in [0.717, 1.165) is 41.4 Å². The largest absolute Gasteiger partial charge is 0.477 e. The molecular formula is C24H27N5O2. The van der Waals surface area contributed by atoms with E-state index < -0.39 is 0 Å². The molecule has 0 spiro atoms. The quantitative estimate of drug-likeness (QED) is 0.638. The van der Waals surface area contributed by atoms with Gasteiger partial charge in [0, 0.05) is 55.6 Å². The number of benzene rings is 1. The number of pyridine rings is 2. The predicted molar refractivity (Wildman–Crippen MR) is 121 cm³/mol. The van der Waals surface area contributed by atoms with Gasteiger partial charge in [-0.1, -0.05) is 0 Å². The van der Waals surface area contributed by atoms with Crippen molar-refractivity contribution in [2.75, 3.05) is 24.2 Å². The van der Waals surface area contributed by atoms with Crippen molar-refractivity contribution in [1.82, 2.24) is 14.9 Å². The molecule has 1 aliphatic heterocycles. The monoisotopic (exact) mass is 417 g/mol. The first-order valence-electron chi connectivity index (χ1n) is 10.8. The second kappa shape index (κ2) is 8.06. The number of piperidine rings is 1. The number of nitrogens with two attached hydrogens (primary N) is 1. The lowest BCUT2D eigenvalue weighted by Gasteiger charge is -2.30. The Labute approximate surface area is 181 Å². The van der Waals surface area contributed by atoms with Crippen LogP contribution in [0.25, 0.3) is 10.8 Å². The van der Waals surface area contributed by atoms with Gasteiger partial charge in [0.1, 0.15) is 5.82 Å². The van der Waals surface area contributed by atoms with E-state index in [9.17, 15) is 4.79 Å². The maximum atomic E-state index is 11.7. The van der Waals surface area contributed by atoms with Crippen molar-refractivity contribution in [3.63, 3.8) is 0 Å². The molecule has 3 unspecified atom stereocenters. The number of ether oxygens (including phenoxy) is 1. The number of likely N-dealkylation sites (tertiary alicyclic amines) is 1. The van der Waals surface area contributed by atoms with Gasteiger partial charge in [0.15, 0.2) is 0 Å². The smallest absolute Gasteiger partial charge is 0.219 e. The Hall–Kier alpha value is -3.35. The average Bonchev–Trinajstić information content (AvgIpc) is 3.38. The first-order valence-corrected chi connectivity index (χ1v) is 10.8. The standard InChI is InChI=1S/C24H27N5O2/c1-15(30)29-13-18-10-21(29)11-19(18)14-31-23-8-16(4-6-26-23)12-28-20-2-3-22-17(9-20)5-7-27-24(22)25/h2-9,18-19,21,28H,10-14H2,1H3,(H2,25,27). The zero-order valence-corrected chi connectivity index (χ0v) is 17.6. The van der Waals surface area contributed by atoms with Crippen LogP contribution in [0.4, 0.5) is 11.5 Å². The number of nitrogens with one attached hydrogen (secondary N) is 1. The number of hydrogen-bond acceptors (Lipinski definition) is 6. The molecule has 1 amide bonds. The van der Waals surface area contributed by atoms with Crippen molar-refractivity contribution in [2.45, 2.75) is 32.4 Å². The van der Waals surface area contributed by atoms with Crippen LogP contribution < -0.4 is 15.8 Å². The molecular weight excluding hydrogens is 390 g/mol. The number of carbonyl (C=O) groups excluding carboxylic acids is 1. The first-order chi connectivity index (χ1) is 15.1. The molecule has 3 aromatic rings. The number of amides is 1. The van der Waals surface area contributed by atoms with Crippen molar-refractivity contribution in [3.05, 3.63) is 54.4 Å². The van der Waals surface area contributed by atoms with Crippen LogP contribution in [0.5, 0.6) is 5.88 Å². The zero-order valence-electron chi connectivity index (χ0n) is 17.6. The minimum Gasteiger partial charge on any atom is -0.477 e. The van der Waals surface area contributed by atoms with Gasteiger partial charge in [-0.25, -0.2) is 9.97 Å². The van der Waals surface area contributed by atoms with Crippen molar-refractivity contribution >= 4 is 28.2 Å². The minimum absolute atomic E-state index is 0.195. The van der Waals surface area contributed by atoms with E-state index in [2.05, 4.69) is 21.4 Å². The highest BCUT2D eigenvalue weighted by Crippen LogP contribution is 2.42. The molecule has 2 aliphatic rings. The fraction of sp³-hybridized carbons (Fsp3) is 0.375. The molecule has 1 saturated heterocycles. The second-order valence-electron chi connectivity index (χ2n) is 8.62. The highest BCUT2D eigenvalue weighted by atomic mass is 16.5. The molecule has 7 heteroatoms. The molecule has 7 nitrogen and oxygen atoms in total. The fourth-order valence-corrected chi connectivity index (χ4v) is 5.00. The maximum absolute atomic E-state index is 11.7. The summed E-state index contributed by atoms with van der Waals surface area (Å²) in [6.07, 6.45) is 5.66. The molecule has 31 heavy (non-hydrogen) atoms. The normalized spacial score (nSPS) is 22.1. The number of nitrogens with zero attached hydrogens (tertiary/aromatic N) is 3. The van der Waals surface area contributed by atoms with Crippen molar-refractivity contribution in [1.29, 1.82) is 0 Å². The third-order valence-electron chi connectivity index (χ3n) is 6.63. The topological polar surface area (TPSA) is 93.4 Å². The van der Waals surface area contributed by atoms with Crippen LogP contribution in [0.3, 0.4) is 0 Å². The van der Waals surface area contributed by atoms with Gasteiger partial charge in [-0.15, -0.1) is 0 Å². The average molecular weight is 418 g/mol. The molecule has 1 aromatic carbocycles. The molecule has 2 fully saturated rings. The third kappa shape index (κ3) is 4.00. The minimum atomic E-state index is 0.195. The number of carbonyl (C=O) groups is 1. The Morgan fingerprint density at radius 3 is 2.87 bits per heavy atom. The first kappa shape index (κ1) is 19.6. The van der Waals surface area contributed by atoms with E-state index in [-0.39, 0.29) is 5.91 Å². The summed E-state index contributed by atoms with van der Waals surface area (Å²) in [6.45, 7) is 3.88. The molecule has 2 aromatic heterocycles. The molecule has 1 saturated carbocycles. The maximum Gasteiger partial charge on any atom is 0.219 e. The summed E-state index contributed by atoms with van der Waals surface area (Å²) in [5, 5.41) is 5.47. The van der Waals surface area contributed by atoms with Crippen LogP contribution in [-0.4, -0.2) is 40.0 Å². The number of anilines is 2. The molecule has 3 heterocycles. The summed E-state index contributed by atoms with van der Waals surface area (Å²) in [5.74, 6) is 2.45. The summed E-state index contributed by atoms with van der Waals surface area (Å²) in [7, 11) is 0. The lowest BCUT2D eigenvalue weighted by atomic mass is 9.95. The summed E-state index contributed by atoms with van der Waals surface area (Å²) in [4.78, 5) is 22.2. The van der Waals surface area contributed by atoms with Crippen LogP contribution in [0.1, 0.15) is 25.3 Å². The van der Waals surface area contributed by atoms with Gasteiger partial charge in [-0.2, -0.15) is 0 Å². The number of rotatable bonds is 6. The van der Waals surface area contributed by atoms with Gasteiger partial charge in [-0.3, -0.25) is 4.79 Å².